The number of hydrogen-bond donors (Lipinski definition) is 1. The van der Waals surface area contributed by atoms with E-state index in [-0.39, 0.29) is 24.2 Å². The molecule has 132 valence electrons. The van der Waals surface area contributed by atoms with Gasteiger partial charge in [-0.2, -0.15) is 5.10 Å². The molecule has 1 aliphatic heterocycles. The SMILES string of the molecule is CO[C@H]1C[C@@H](C(N)=O)N(C(=O)c2cnn(-c3ccccc3F)c2C)C1. The van der Waals surface area contributed by atoms with Crippen LogP contribution in [0.2, 0.25) is 0 Å². The second-order valence-corrected chi connectivity index (χ2v) is 5.98. The molecular weight excluding hydrogens is 327 g/mol. The average molecular weight is 346 g/mol. The Morgan fingerprint density at radius 2 is 2.08 bits per heavy atom. The second-order valence-electron chi connectivity index (χ2n) is 5.98. The van der Waals surface area contributed by atoms with Gasteiger partial charge in [0.25, 0.3) is 5.91 Å². The molecule has 0 spiro atoms. The van der Waals surface area contributed by atoms with Crippen molar-refractivity contribution in [2.24, 2.45) is 5.73 Å². The van der Waals surface area contributed by atoms with E-state index in [1.807, 2.05) is 0 Å². The van der Waals surface area contributed by atoms with Crippen LogP contribution < -0.4 is 5.73 Å². The first-order valence-corrected chi connectivity index (χ1v) is 7.86. The smallest absolute Gasteiger partial charge is 0.258 e. The lowest BCUT2D eigenvalue weighted by atomic mass is 10.1. The van der Waals surface area contributed by atoms with E-state index in [0.717, 1.165) is 0 Å². The van der Waals surface area contributed by atoms with Crippen molar-refractivity contribution in [3.63, 3.8) is 0 Å². The monoisotopic (exact) mass is 346 g/mol. The lowest BCUT2D eigenvalue weighted by Crippen LogP contribution is -2.43. The van der Waals surface area contributed by atoms with Gasteiger partial charge in [-0.3, -0.25) is 9.59 Å². The van der Waals surface area contributed by atoms with Gasteiger partial charge in [-0.05, 0) is 19.1 Å². The van der Waals surface area contributed by atoms with Crippen molar-refractivity contribution in [2.45, 2.75) is 25.5 Å². The number of aromatic nitrogens is 2. The molecule has 25 heavy (non-hydrogen) atoms. The van der Waals surface area contributed by atoms with Crippen LogP contribution in [0, 0.1) is 12.7 Å². The maximum atomic E-state index is 14.0. The summed E-state index contributed by atoms with van der Waals surface area (Å²) in [5, 5.41) is 4.13. The maximum absolute atomic E-state index is 14.0. The highest BCUT2D eigenvalue weighted by molar-refractivity contribution is 5.98. The Hall–Kier alpha value is -2.74. The molecule has 2 amide bonds. The molecule has 7 nitrogen and oxygen atoms in total. The Balaban J connectivity index is 1.94. The molecule has 2 atom stereocenters. The molecule has 0 aliphatic carbocycles. The number of amides is 2. The van der Waals surface area contributed by atoms with Gasteiger partial charge < -0.3 is 15.4 Å². The number of hydrogen-bond acceptors (Lipinski definition) is 4. The van der Waals surface area contributed by atoms with E-state index in [2.05, 4.69) is 5.10 Å². The fourth-order valence-electron chi connectivity index (χ4n) is 3.10. The number of ether oxygens (including phenoxy) is 1. The predicted octanol–water partition coefficient (Wildman–Crippen LogP) is 1.03. The summed E-state index contributed by atoms with van der Waals surface area (Å²) in [6, 6.07) is 5.44. The van der Waals surface area contributed by atoms with Crippen LogP contribution in [0.1, 0.15) is 22.5 Å². The summed E-state index contributed by atoms with van der Waals surface area (Å²) in [7, 11) is 1.53. The molecule has 0 unspecified atom stereocenters. The highest BCUT2D eigenvalue weighted by Gasteiger charge is 2.39. The standard InChI is InChI=1S/C17H19FN4O3/c1-10-12(8-20-22(10)14-6-4-3-5-13(14)18)17(24)21-9-11(25-2)7-15(21)16(19)23/h3-6,8,11,15H,7,9H2,1-2H3,(H2,19,23)/t11-,15-/m0/s1. The zero-order valence-electron chi connectivity index (χ0n) is 14.0. The van der Waals surface area contributed by atoms with Crippen LogP contribution in [-0.2, 0) is 9.53 Å². The highest BCUT2D eigenvalue weighted by atomic mass is 19.1. The average Bonchev–Trinajstić information content (AvgIpc) is 3.19. The second kappa shape index (κ2) is 6.64. The van der Waals surface area contributed by atoms with Crippen LogP contribution >= 0.6 is 0 Å². The van der Waals surface area contributed by atoms with E-state index >= 15 is 0 Å². The van der Waals surface area contributed by atoms with E-state index < -0.39 is 17.8 Å². The van der Waals surface area contributed by atoms with E-state index in [1.165, 1.54) is 29.0 Å². The number of primary amides is 1. The number of nitrogens with two attached hydrogens (primary N) is 1. The van der Waals surface area contributed by atoms with Crippen LogP contribution in [0.4, 0.5) is 4.39 Å². The van der Waals surface area contributed by atoms with Gasteiger partial charge in [0.1, 0.15) is 17.5 Å². The topological polar surface area (TPSA) is 90.4 Å². The number of carbonyl (C=O) groups is 2. The van der Waals surface area contributed by atoms with Crippen molar-refractivity contribution in [3.05, 3.63) is 47.5 Å². The minimum Gasteiger partial charge on any atom is -0.380 e. The van der Waals surface area contributed by atoms with Gasteiger partial charge in [-0.15, -0.1) is 0 Å². The first kappa shape index (κ1) is 17.1. The van der Waals surface area contributed by atoms with Crippen molar-refractivity contribution in [3.8, 4) is 5.69 Å². The zero-order valence-corrected chi connectivity index (χ0v) is 14.0. The first-order valence-electron chi connectivity index (χ1n) is 7.86. The van der Waals surface area contributed by atoms with Crippen LogP contribution in [-0.4, -0.2) is 52.3 Å². The lowest BCUT2D eigenvalue weighted by Gasteiger charge is -2.21. The van der Waals surface area contributed by atoms with E-state index in [1.54, 1.807) is 25.1 Å². The third-order valence-corrected chi connectivity index (χ3v) is 4.51. The van der Waals surface area contributed by atoms with Gasteiger partial charge in [0.15, 0.2) is 0 Å². The molecule has 0 radical (unpaired) electrons. The molecule has 8 heteroatoms. The summed E-state index contributed by atoms with van der Waals surface area (Å²) in [5.41, 5.74) is 6.45. The Labute approximate surface area is 144 Å². The normalized spacial score (nSPS) is 20.0. The molecule has 0 saturated carbocycles. The summed E-state index contributed by atoms with van der Waals surface area (Å²) >= 11 is 0. The summed E-state index contributed by atoms with van der Waals surface area (Å²) in [5.74, 6) is -1.39. The predicted molar refractivity (Wildman–Crippen MR) is 87.7 cm³/mol. The fraction of sp³-hybridized carbons (Fsp3) is 0.353. The van der Waals surface area contributed by atoms with Gasteiger partial charge >= 0.3 is 0 Å². The Morgan fingerprint density at radius 1 is 1.36 bits per heavy atom. The molecular formula is C17H19FN4O3. The van der Waals surface area contributed by atoms with Crippen molar-refractivity contribution in [1.29, 1.82) is 0 Å². The molecule has 1 aromatic carbocycles. The van der Waals surface area contributed by atoms with E-state index in [0.29, 0.717) is 17.7 Å². The fourth-order valence-corrected chi connectivity index (χ4v) is 3.10. The van der Waals surface area contributed by atoms with Gasteiger partial charge in [0.05, 0.1) is 23.6 Å². The minimum absolute atomic E-state index is 0.247. The van der Waals surface area contributed by atoms with E-state index in [9.17, 15) is 14.0 Å². The van der Waals surface area contributed by atoms with E-state index in [4.69, 9.17) is 10.5 Å². The number of benzene rings is 1. The number of carbonyl (C=O) groups excluding carboxylic acids is 2. The summed E-state index contributed by atoms with van der Waals surface area (Å²) in [6.07, 6.45) is 1.49. The number of halogens is 1. The quantitative estimate of drug-likeness (QED) is 0.895. The van der Waals surface area contributed by atoms with Crippen molar-refractivity contribution >= 4 is 11.8 Å². The Bertz CT molecular complexity index is 820. The Kier molecular flexibility index (Phi) is 4.54. The van der Waals surface area contributed by atoms with Crippen LogP contribution in [0.5, 0.6) is 0 Å². The molecule has 1 aromatic heterocycles. The maximum Gasteiger partial charge on any atom is 0.258 e. The third-order valence-electron chi connectivity index (χ3n) is 4.51. The largest absolute Gasteiger partial charge is 0.380 e. The van der Waals surface area contributed by atoms with Crippen molar-refractivity contribution < 1.29 is 18.7 Å². The number of para-hydroxylation sites is 1. The van der Waals surface area contributed by atoms with Gasteiger partial charge in [0, 0.05) is 20.1 Å². The Morgan fingerprint density at radius 3 is 2.72 bits per heavy atom. The van der Waals surface area contributed by atoms with Crippen LogP contribution in [0.3, 0.4) is 0 Å². The molecule has 2 N–H and O–H groups in total. The highest BCUT2D eigenvalue weighted by Crippen LogP contribution is 2.24. The minimum atomic E-state index is -0.728. The van der Waals surface area contributed by atoms with Crippen molar-refractivity contribution in [2.75, 3.05) is 13.7 Å². The summed E-state index contributed by atoms with van der Waals surface area (Å²) in [6.45, 7) is 1.95. The molecule has 1 aliphatic rings. The van der Waals surface area contributed by atoms with Crippen LogP contribution in [0.15, 0.2) is 30.5 Å². The molecule has 0 bridgehead atoms. The zero-order chi connectivity index (χ0) is 18.1. The summed E-state index contributed by atoms with van der Waals surface area (Å²) < 4.78 is 20.6. The number of likely N-dealkylation sites (tertiary alicyclic amines) is 1. The molecule has 1 fully saturated rings. The summed E-state index contributed by atoms with van der Waals surface area (Å²) in [4.78, 5) is 26.0. The number of rotatable bonds is 4. The number of methoxy groups -OCH3 is 1. The molecule has 3 rings (SSSR count). The number of nitrogens with zero attached hydrogens (tertiary/aromatic N) is 3. The third kappa shape index (κ3) is 3.00. The van der Waals surface area contributed by atoms with Gasteiger partial charge in [-0.1, -0.05) is 12.1 Å². The van der Waals surface area contributed by atoms with Crippen LogP contribution in [0.25, 0.3) is 5.69 Å². The lowest BCUT2D eigenvalue weighted by molar-refractivity contribution is -0.121. The molecule has 2 aromatic rings. The van der Waals surface area contributed by atoms with Gasteiger partial charge in [-0.25, -0.2) is 9.07 Å². The van der Waals surface area contributed by atoms with Gasteiger partial charge in [0.2, 0.25) is 5.91 Å². The first-order chi connectivity index (χ1) is 11.9. The molecule has 2 heterocycles. The van der Waals surface area contributed by atoms with Crippen molar-refractivity contribution in [1.82, 2.24) is 14.7 Å². The molecule has 1 saturated heterocycles.